The first-order valence-electron chi connectivity index (χ1n) is 6.68. The van der Waals surface area contributed by atoms with Crippen LogP contribution in [0.2, 0.25) is 0 Å². The lowest BCUT2D eigenvalue weighted by molar-refractivity contribution is -0.119. The van der Waals surface area contributed by atoms with E-state index in [9.17, 15) is 14.4 Å². The van der Waals surface area contributed by atoms with Gasteiger partial charge >= 0.3 is 0 Å². The van der Waals surface area contributed by atoms with E-state index in [1.165, 1.54) is 4.90 Å². The number of carbonyl (C=O) groups excluding carboxylic acids is 3. The first-order chi connectivity index (χ1) is 9.84. The first kappa shape index (κ1) is 15.2. The van der Waals surface area contributed by atoms with Crippen molar-refractivity contribution in [2.24, 2.45) is 5.73 Å². The Hall–Kier alpha value is -2.21. The van der Waals surface area contributed by atoms with E-state index >= 15 is 0 Å². The van der Waals surface area contributed by atoms with Crippen LogP contribution >= 0.6 is 0 Å². The summed E-state index contributed by atoms with van der Waals surface area (Å²) in [6.07, 6.45) is 0.109. The molecule has 112 valence electrons. The third-order valence-electron chi connectivity index (χ3n) is 3.35. The number of carbonyl (C=O) groups is 3. The Balaban J connectivity index is 2.09. The molecule has 21 heavy (non-hydrogen) atoms. The van der Waals surface area contributed by atoms with Gasteiger partial charge in [0.15, 0.2) is 0 Å². The standard InChI is InChI=1S/C15H18N2O4/c1-15(2,9-21-8-7-12(16)18)17-13(19)10-5-3-4-6-11(10)14(17)20/h3-6H,7-9H2,1-2H3,(H2,16,18). The van der Waals surface area contributed by atoms with Crippen LogP contribution < -0.4 is 5.73 Å². The molecule has 0 bridgehead atoms. The van der Waals surface area contributed by atoms with Crippen LogP contribution in [-0.4, -0.2) is 41.4 Å². The molecule has 0 saturated carbocycles. The molecule has 1 heterocycles. The van der Waals surface area contributed by atoms with Crippen molar-refractivity contribution < 1.29 is 19.1 Å². The summed E-state index contributed by atoms with van der Waals surface area (Å²) in [6, 6.07) is 6.73. The molecule has 3 amide bonds. The first-order valence-corrected chi connectivity index (χ1v) is 6.68. The summed E-state index contributed by atoms with van der Waals surface area (Å²) in [5.41, 5.74) is 5.05. The average Bonchev–Trinajstić information content (AvgIpc) is 2.68. The molecule has 0 atom stereocenters. The predicted octanol–water partition coefficient (Wildman–Crippen LogP) is 0.953. The highest BCUT2D eigenvalue weighted by Gasteiger charge is 2.43. The van der Waals surface area contributed by atoms with Gasteiger partial charge in [-0.05, 0) is 26.0 Å². The van der Waals surface area contributed by atoms with Crippen molar-refractivity contribution >= 4 is 17.7 Å². The molecule has 1 aliphatic rings. The molecule has 0 saturated heterocycles. The fraction of sp³-hybridized carbons (Fsp3) is 0.400. The van der Waals surface area contributed by atoms with Gasteiger partial charge < -0.3 is 10.5 Å². The lowest BCUT2D eigenvalue weighted by Crippen LogP contribution is -2.50. The molecule has 1 aromatic carbocycles. The van der Waals surface area contributed by atoms with Gasteiger partial charge in [0, 0.05) is 6.42 Å². The number of hydrogen-bond acceptors (Lipinski definition) is 4. The highest BCUT2D eigenvalue weighted by atomic mass is 16.5. The predicted molar refractivity (Wildman–Crippen MR) is 75.7 cm³/mol. The Morgan fingerprint density at radius 2 is 1.71 bits per heavy atom. The molecule has 1 aliphatic heterocycles. The van der Waals surface area contributed by atoms with E-state index in [4.69, 9.17) is 10.5 Å². The van der Waals surface area contributed by atoms with Gasteiger partial charge in [0.2, 0.25) is 5.91 Å². The molecule has 6 heteroatoms. The van der Waals surface area contributed by atoms with Gasteiger partial charge in [-0.3, -0.25) is 19.3 Å². The second-order valence-corrected chi connectivity index (χ2v) is 5.57. The number of amides is 3. The van der Waals surface area contributed by atoms with Crippen LogP contribution in [-0.2, 0) is 9.53 Å². The Labute approximate surface area is 122 Å². The van der Waals surface area contributed by atoms with Crippen molar-refractivity contribution in [3.05, 3.63) is 35.4 Å². The second kappa shape index (κ2) is 5.65. The molecule has 0 aromatic heterocycles. The zero-order valence-electron chi connectivity index (χ0n) is 12.1. The summed E-state index contributed by atoms with van der Waals surface area (Å²) in [5.74, 6) is -1.09. The third-order valence-corrected chi connectivity index (χ3v) is 3.35. The summed E-state index contributed by atoms with van der Waals surface area (Å²) >= 11 is 0. The van der Waals surface area contributed by atoms with Gasteiger partial charge in [0.05, 0.1) is 29.9 Å². The number of nitrogens with zero attached hydrogens (tertiary/aromatic N) is 1. The highest BCUT2D eigenvalue weighted by molar-refractivity contribution is 6.21. The summed E-state index contributed by atoms with van der Waals surface area (Å²) in [5, 5.41) is 0. The maximum absolute atomic E-state index is 12.4. The van der Waals surface area contributed by atoms with E-state index in [1.54, 1.807) is 38.1 Å². The van der Waals surface area contributed by atoms with Crippen molar-refractivity contribution in [3.8, 4) is 0 Å². The van der Waals surface area contributed by atoms with Crippen molar-refractivity contribution in [2.45, 2.75) is 25.8 Å². The summed E-state index contributed by atoms with van der Waals surface area (Å²) < 4.78 is 5.37. The van der Waals surface area contributed by atoms with Crippen LogP contribution in [0.1, 0.15) is 41.0 Å². The molecule has 6 nitrogen and oxygen atoms in total. The van der Waals surface area contributed by atoms with E-state index in [0.29, 0.717) is 11.1 Å². The Kier molecular flexibility index (Phi) is 4.09. The summed E-state index contributed by atoms with van der Waals surface area (Å²) in [6.45, 7) is 3.81. The number of fused-ring (bicyclic) bond motifs is 1. The van der Waals surface area contributed by atoms with Gasteiger partial charge in [-0.25, -0.2) is 0 Å². The molecule has 1 aromatic rings. The number of primary amides is 1. The lowest BCUT2D eigenvalue weighted by atomic mass is 10.0. The van der Waals surface area contributed by atoms with E-state index in [2.05, 4.69) is 0 Å². The van der Waals surface area contributed by atoms with Crippen LogP contribution in [0.3, 0.4) is 0 Å². The maximum atomic E-state index is 12.4. The highest BCUT2D eigenvalue weighted by Crippen LogP contribution is 2.29. The van der Waals surface area contributed by atoms with Crippen molar-refractivity contribution in [1.82, 2.24) is 4.90 Å². The minimum atomic E-state index is -0.801. The number of benzene rings is 1. The normalized spacial score (nSPS) is 14.5. The van der Waals surface area contributed by atoms with Crippen LogP contribution in [0, 0.1) is 0 Å². The van der Waals surface area contributed by atoms with Crippen LogP contribution in [0.25, 0.3) is 0 Å². The van der Waals surface area contributed by atoms with Gasteiger partial charge in [0.25, 0.3) is 11.8 Å². The zero-order valence-corrected chi connectivity index (χ0v) is 12.1. The Morgan fingerprint density at radius 1 is 1.19 bits per heavy atom. The Bertz CT molecular complexity index is 560. The van der Waals surface area contributed by atoms with Gasteiger partial charge in [0.1, 0.15) is 0 Å². The van der Waals surface area contributed by atoms with Crippen LogP contribution in [0.15, 0.2) is 24.3 Å². The summed E-state index contributed by atoms with van der Waals surface area (Å²) in [7, 11) is 0. The van der Waals surface area contributed by atoms with Crippen molar-refractivity contribution in [1.29, 1.82) is 0 Å². The van der Waals surface area contributed by atoms with E-state index in [0.717, 1.165) is 0 Å². The van der Waals surface area contributed by atoms with Gasteiger partial charge in [-0.2, -0.15) is 0 Å². The number of ether oxygens (including phenoxy) is 1. The molecule has 0 aliphatic carbocycles. The van der Waals surface area contributed by atoms with E-state index in [-0.39, 0.29) is 31.4 Å². The number of imide groups is 1. The molecule has 0 fully saturated rings. The van der Waals surface area contributed by atoms with Crippen molar-refractivity contribution in [3.63, 3.8) is 0 Å². The lowest BCUT2D eigenvalue weighted by Gasteiger charge is -2.33. The monoisotopic (exact) mass is 290 g/mol. The molecule has 0 unspecified atom stereocenters. The zero-order chi connectivity index (χ0) is 15.6. The molecular formula is C15H18N2O4. The number of rotatable bonds is 6. The molecule has 2 N–H and O–H groups in total. The molecular weight excluding hydrogens is 272 g/mol. The fourth-order valence-electron chi connectivity index (χ4n) is 2.30. The molecule has 2 rings (SSSR count). The minimum absolute atomic E-state index is 0.109. The van der Waals surface area contributed by atoms with Gasteiger partial charge in [-0.15, -0.1) is 0 Å². The minimum Gasteiger partial charge on any atom is -0.378 e. The smallest absolute Gasteiger partial charge is 0.262 e. The summed E-state index contributed by atoms with van der Waals surface area (Å²) in [4.78, 5) is 36.6. The van der Waals surface area contributed by atoms with Crippen LogP contribution in [0.4, 0.5) is 0 Å². The molecule has 0 spiro atoms. The van der Waals surface area contributed by atoms with Gasteiger partial charge in [-0.1, -0.05) is 12.1 Å². The number of hydrogen-bond donors (Lipinski definition) is 1. The molecule has 0 radical (unpaired) electrons. The average molecular weight is 290 g/mol. The van der Waals surface area contributed by atoms with E-state index < -0.39 is 11.4 Å². The third kappa shape index (κ3) is 2.95. The fourth-order valence-corrected chi connectivity index (χ4v) is 2.30. The second-order valence-electron chi connectivity index (χ2n) is 5.57. The van der Waals surface area contributed by atoms with Crippen LogP contribution in [0.5, 0.6) is 0 Å². The Morgan fingerprint density at radius 3 is 2.19 bits per heavy atom. The van der Waals surface area contributed by atoms with E-state index in [1.807, 2.05) is 0 Å². The maximum Gasteiger partial charge on any atom is 0.262 e. The SMILES string of the molecule is CC(C)(COCCC(N)=O)N1C(=O)c2ccccc2C1=O. The quantitative estimate of drug-likeness (QED) is 0.624. The largest absolute Gasteiger partial charge is 0.378 e. The number of nitrogens with two attached hydrogens (primary N) is 1. The topological polar surface area (TPSA) is 89.7 Å². The van der Waals surface area contributed by atoms with Crippen molar-refractivity contribution in [2.75, 3.05) is 13.2 Å².